The van der Waals surface area contributed by atoms with Crippen molar-refractivity contribution in [3.8, 4) is 5.69 Å². The first-order chi connectivity index (χ1) is 13.8. The molecule has 0 aliphatic heterocycles. The Morgan fingerprint density at radius 3 is 2.38 bits per heavy atom. The van der Waals surface area contributed by atoms with Crippen molar-refractivity contribution in [2.45, 2.75) is 6.92 Å². The highest BCUT2D eigenvalue weighted by molar-refractivity contribution is 6.33. The van der Waals surface area contributed by atoms with E-state index in [2.05, 4.69) is 16.0 Å². The molecule has 0 bridgehead atoms. The smallest absolute Gasteiger partial charge is 0.274 e. The predicted molar refractivity (Wildman–Crippen MR) is 109 cm³/mol. The molecule has 9 heteroatoms. The molecule has 0 aliphatic rings. The molecular weight excluding hydrogens is 397 g/mol. The molecule has 2 aromatic carbocycles. The SMILES string of the molecule is Cc1nn(-c2ccc(F)cc2)c(Cl)c1C(=O)NNC(=O)c1cccc(N(C)C)c1. The van der Waals surface area contributed by atoms with E-state index < -0.39 is 17.6 Å². The maximum atomic E-state index is 13.1. The van der Waals surface area contributed by atoms with Crippen LogP contribution in [0.2, 0.25) is 5.15 Å². The Morgan fingerprint density at radius 1 is 1.07 bits per heavy atom. The van der Waals surface area contributed by atoms with Crippen molar-refractivity contribution < 1.29 is 14.0 Å². The molecule has 7 nitrogen and oxygen atoms in total. The summed E-state index contributed by atoms with van der Waals surface area (Å²) in [6, 6.07) is 12.5. The Hall–Kier alpha value is -3.39. The molecule has 0 saturated heterocycles. The van der Waals surface area contributed by atoms with Gasteiger partial charge in [-0.15, -0.1) is 0 Å². The standard InChI is InChI=1S/C20H19ClFN5O2/c1-12-17(18(21)27(25-12)15-9-7-14(22)8-10-15)20(29)24-23-19(28)13-5-4-6-16(11-13)26(2)3/h4-11H,1-3H3,(H,23,28)(H,24,29). The Labute approximate surface area is 172 Å². The molecule has 1 aromatic heterocycles. The Kier molecular flexibility index (Phi) is 5.84. The van der Waals surface area contributed by atoms with Crippen LogP contribution in [0, 0.1) is 12.7 Å². The number of rotatable bonds is 4. The van der Waals surface area contributed by atoms with Crippen molar-refractivity contribution in [3.05, 3.63) is 76.3 Å². The minimum atomic E-state index is -0.613. The fourth-order valence-corrected chi connectivity index (χ4v) is 3.04. The number of halogens is 2. The first-order valence-corrected chi connectivity index (χ1v) is 9.05. The van der Waals surface area contributed by atoms with Gasteiger partial charge < -0.3 is 4.90 Å². The lowest BCUT2D eigenvalue weighted by atomic mass is 10.2. The second kappa shape index (κ2) is 8.32. The number of nitrogens with zero attached hydrogens (tertiary/aromatic N) is 3. The molecule has 2 amide bonds. The minimum Gasteiger partial charge on any atom is -0.378 e. The van der Waals surface area contributed by atoms with Crippen LogP contribution in [-0.2, 0) is 0 Å². The Balaban J connectivity index is 1.75. The van der Waals surface area contributed by atoms with Crippen molar-refractivity contribution in [3.63, 3.8) is 0 Å². The lowest BCUT2D eigenvalue weighted by molar-refractivity contribution is 0.0846. The van der Waals surface area contributed by atoms with E-state index in [0.717, 1.165) is 5.69 Å². The zero-order chi connectivity index (χ0) is 21.1. The third kappa shape index (κ3) is 4.38. The number of benzene rings is 2. The van der Waals surface area contributed by atoms with Crippen LogP contribution in [0.3, 0.4) is 0 Å². The molecule has 0 saturated carbocycles. The highest BCUT2D eigenvalue weighted by Gasteiger charge is 2.22. The van der Waals surface area contributed by atoms with E-state index in [0.29, 0.717) is 16.9 Å². The highest BCUT2D eigenvalue weighted by Crippen LogP contribution is 2.23. The van der Waals surface area contributed by atoms with Crippen LogP contribution < -0.4 is 15.8 Å². The van der Waals surface area contributed by atoms with Crippen LogP contribution in [0.4, 0.5) is 10.1 Å². The molecule has 0 atom stereocenters. The van der Waals surface area contributed by atoms with Crippen LogP contribution in [0.15, 0.2) is 48.5 Å². The van der Waals surface area contributed by atoms with Crippen molar-refractivity contribution >= 4 is 29.1 Å². The second-order valence-electron chi connectivity index (χ2n) is 6.49. The maximum Gasteiger partial charge on any atom is 0.274 e. The van der Waals surface area contributed by atoms with Gasteiger partial charge in [0.1, 0.15) is 16.5 Å². The fourth-order valence-electron chi connectivity index (χ4n) is 2.68. The molecule has 2 N–H and O–H groups in total. The molecule has 0 unspecified atom stereocenters. The molecular formula is C20H19ClFN5O2. The minimum absolute atomic E-state index is 0.0514. The van der Waals surface area contributed by atoms with Crippen molar-refractivity contribution in [2.24, 2.45) is 0 Å². The van der Waals surface area contributed by atoms with E-state index >= 15 is 0 Å². The lowest BCUT2D eigenvalue weighted by Gasteiger charge is -2.13. The van der Waals surface area contributed by atoms with Gasteiger partial charge >= 0.3 is 0 Å². The molecule has 29 heavy (non-hydrogen) atoms. The van der Waals surface area contributed by atoms with Gasteiger partial charge in [0.25, 0.3) is 11.8 Å². The number of amides is 2. The van der Waals surface area contributed by atoms with Gasteiger partial charge in [0.2, 0.25) is 0 Å². The number of hydrogen-bond acceptors (Lipinski definition) is 4. The molecule has 0 fully saturated rings. The zero-order valence-electron chi connectivity index (χ0n) is 16.0. The van der Waals surface area contributed by atoms with Gasteiger partial charge in [-0.05, 0) is 49.4 Å². The summed E-state index contributed by atoms with van der Waals surface area (Å²) in [6.07, 6.45) is 0. The zero-order valence-corrected chi connectivity index (χ0v) is 16.8. The first kappa shape index (κ1) is 20.3. The Morgan fingerprint density at radius 2 is 1.72 bits per heavy atom. The summed E-state index contributed by atoms with van der Waals surface area (Å²) >= 11 is 6.31. The average Bonchev–Trinajstić information content (AvgIpc) is 3.00. The fraction of sp³-hybridized carbons (Fsp3) is 0.150. The topological polar surface area (TPSA) is 79.3 Å². The number of hydrogen-bond donors (Lipinski definition) is 2. The predicted octanol–water partition coefficient (Wildman–Crippen LogP) is 3.11. The molecule has 3 rings (SSSR count). The van der Waals surface area contributed by atoms with Gasteiger partial charge in [-0.25, -0.2) is 9.07 Å². The van der Waals surface area contributed by atoms with E-state index in [1.807, 2.05) is 25.1 Å². The van der Waals surface area contributed by atoms with E-state index in [1.54, 1.807) is 25.1 Å². The summed E-state index contributed by atoms with van der Waals surface area (Å²) in [6.45, 7) is 1.61. The molecule has 0 spiro atoms. The highest BCUT2D eigenvalue weighted by atomic mass is 35.5. The number of anilines is 1. The van der Waals surface area contributed by atoms with Crippen LogP contribution in [0.5, 0.6) is 0 Å². The van der Waals surface area contributed by atoms with Crippen molar-refractivity contribution in [2.75, 3.05) is 19.0 Å². The number of nitrogens with one attached hydrogen (secondary N) is 2. The van der Waals surface area contributed by atoms with Crippen LogP contribution in [-0.4, -0.2) is 35.7 Å². The Bertz CT molecular complexity index is 1060. The summed E-state index contributed by atoms with van der Waals surface area (Å²) in [5, 5.41) is 4.28. The van der Waals surface area contributed by atoms with Gasteiger partial charge in [0, 0.05) is 25.3 Å². The first-order valence-electron chi connectivity index (χ1n) is 8.67. The van der Waals surface area contributed by atoms with E-state index in [4.69, 9.17) is 11.6 Å². The van der Waals surface area contributed by atoms with E-state index in [1.165, 1.54) is 28.9 Å². The van der Waals surface area contributed by atoms with Crippen molar-refractivity contribution in [1.82, 2.24) is 20.6 Å². The number of carbonyl (C=O) groups is 2. The summed E-state index contributed by atoms with van der Waals surface area (Å²) in [7, 11) is 3.73. The molecule has 0 aliphatic carbocycles. The van der Waals surface area contributed by atoms with E-state index in [-0.39, 0.29) is 10.7 Å². The third-order valence-corrected chi connectivity index (χ3v) is 4.57. The molecule has 0 radical (unpaired) electrons. The quantitative estimate of drug-likeness (QED) is 0.642. The van der Waals surface area contributed by atoms with Gasteiger partial charge in [-0.1, -0.05) is 17.7 Å². The molecule has 3 aromatic rings. The largest absolute Gasteiger partial charge is 0.378 e. The van der Waals surface area contributed by atoms with Gasteiger partial charge in [-0.3, -0.25) is 20.4 Å². The number of carbonyl (C=O) groups excluding carboxylic acids is 2. The van der Waals surface area contributed by atoms with E-state index in [9.17, 15) is 14.0 Å². The van der Waals surface area contributed by atoms with Gasteiger partial charge in [0.15, 0.2) is 0 Å². The number of aryl methyl sites for hydroxylation is 1. The third-order valence-electron chi connectivity index (χ3n) is 4.22. The monoisotopic (exact) mass is 415 g/mol. The van der Waals surface area contributed by atoms with Crippen LogP contribution >= 0.6 is 11.6 Å². The maximum absolute atomic E-state index is 13.1. The molecule has 150 valence electrons. The number of aromatic nitrogens is 2. The normalized spacial score (nSPS) is 10.5. The average molecular weight is 416 g/mol. The van der Waals surface area contributed by atoms with Crippen molar-refractivity contribution in [1.29, 1.82) is 0 Å². The molecule has 1 heterocycles. The van der Waals surface area contributed by atoms with Crippen LogP contribution in [0.25, 0.3) is 5.69 Å². The van der Waals surface area contributed by atoms with Gasteiger partial charge in [0.05, 0.1) is 11.4 Å². The summed E-state index contributed by atoms with van der Waals surface area (Å²) in [5.41, 5.74) is 6.94. The number of hydrazine groups is 1. The van der Waals surface area contributed by atoms with Crippen LogP contribution in [0.1, 0.15) is 26.4 Å². The van der Waals surface area contributed by atoms with Gasteiger partial charge in [-0.2, -0.15) is 5.10 Å². The second-order valence-corrected chi connectivity index (χ2v) is 6.85. The summed E-state index contributed by atoms with van der Waals surface area (Å²) in [5.74, 6) is -1.48. The summed E-state index contributed by atoms with van der Waals surface area (Å²) < 4.78 is 14.5. The summed E-state index contributed by atoms with van der Waals surface area (Å²) in [4.78, 5) is 26.8. The lowest BCUT2D eigenvalue weighted by Crippen LogP contribution is -2.41.